The van der Waals surface area contributed by atoms with Gasteiger partial charge in [0.25, 0.3) is 0 Å². The van der Waals surface area contributed by atoms with E-state index in [1.807, 2.05) is 19.2 Å². The van der Waals surface area contributed by atoms with Crippen molar-refractivity contribution in [3.63, 3.8) is 0 Å². The summed E-state index contributed by atoms with van der Waals surface area (Å²) in [5.74, 6) is -0.757. The molecule has 3 unspecified atom stereocenters. The fourth-order valence-electron chi connectivity index (χ4n) is 4.65. The van der Waals surface area contributed by atoms with E-state index in [9.17, 15) is 17.6 Å². The predicted octanol–water partition coefficient (Wildman–Crippen LogP) is 5.75. The van der Waals surface area contributed by atoms with Crippen LogP contribution in [0.2, 0.25) is 0 Å². The van der Waals surface area contributed by atoms with Crippen molar-refractivity contribution in [1.82, 2.24) is 14.7 Å². The van der Waals surface area contributed by atoms with Crippen LogP contribution in [0.1, 0.15) is 48.9 Å². The molecule has 0 amide bonds. The first-order valence-electron chi connectivity index (χ1n) is 11.5. The summed E-state index contributed by atoms with van der Waals surface area (Å²) in [5, 5.41) is 13.2. The van der Waals surface area contributed by atoms with Crippen molar-refractivity contribution in [1.29, 1.82) is 0 Å². The van der Waals surface area contributed by atoms with E-state index in [0.717, 1.165) is 23.2 Å². The van der Waals surface area contributed by atoms with Gasteiger partial charge >= 0.3 is 6.18 Å². The molecule has 0 bridgehead atoms. The second-order valence-corrected chi connectivity index (χ2v) is 9.68. The summed E-state index contributed by atoms with van der Waals surface area (Å²) < 4.78 is 59.0. The van der Waals surface area contributed by atoms with Gasteiger partial charge in [0, 0.05) is 31.4 Å². The first-order valence-corrected chi connectivity index (χ1v) is 12.2. The molecule has 4 rings (SSSR count). The van der Waals surface area contributed by atoms with Crippen molar-refractivity contribution >= 4 is 29.1 Å². The minimum absolute atomic E-state index is 0.00732. The summed E-state index contributed by atoms with van der Waals surface area (Å²) in [7, 11) is 0. The van der Waals surface area contributed by atoms with E-state index < -0.39 is 23.5 Å². The summed E-state index contributed by atoms with van der Waals surface area (Å²) in [6.45, 7) is 8.38. The van der Waals surface area contributed by atoms with Crippen LogP contribution < -0.4 is 10.6 Å². The zero-order valence-electron chi connectivity index (χ0n) is 19.6. The minimum atomic E-state index is -4.67. The lowest BCUT2D eigenvalue weighted by molar-refractivity contribution is -0.138. The van der Waals surface area contributed by atoms with Gasteiger partial charge in [-0.15, -0.1) is 0 Å². The number of halogens is 4. The molecule has 2 N–H and O–H groups in total. The number of aryl methyl sites for hydroxylation is 1. The highest BCUT2D eigenvalue weighted by Crippen LogP contribution is 2.40. The second-order valence-electron chi connectivity index (χ2n) is 8.88. The van der Waals surface area contributed by atoms with E-state index in [2.05, 4.69) is 38.7 Å². The quantitative estimate of drug-likeness (QED) is 0.369. The maximum Gasteiger partial charge on any atom is 0.416 e. The van der Waals surface area contributed by atoms with Crippen molar-refractivity contribution < 1.29 is 17.6 Å². The summed E-state index contributed by atoms with van der Waals surface area (Å²) in [4.78, 5) is 4.62. The van der Waals surface area contributed by atoms with Gasteiger partial charge in [0.05, 0.1) is 17.9 Å². The van der Waals surface area contributed by atoms with Crippen molar-refractivity contribution in [3.05, 3.63) is 58.7 Å². The molecule has 3 atom stereocenters. The van der Waals surface area contributed by atoms with E-state index in [4.69, 9.17) is 0 Å². The van der Waals surface area contributed by atoms with Crippen LogP contribution >= 0.6 is 11.5 Å². The van der Waals surface area contributed by atoms with Gasteiger partial charge in [0.1, 0.15) is 16.7 Å². The highest BCUT2D eigenvalue weighted by atomic mass is 32.1. The van der Waals surface area contributed by atoms with Gasteiger partial charge in [0.15, 0.2) is 0 Å². The molecule has 0 spiro atoms. The van der Waals surface area contributed by atoms with Crippen LogP contribution in [0.4, 0.5) is 22.6 Å². The number of hydrazone groups is 1. The van der Waals surface area contributed by atoms with Crippen LogP contribution in [0.5, 0.6) is 0 Å². The van der Waals surface area contributed by atoms with Crippen molar-refractivity contribution in [3.8, 4) is 0 Å². The number of anilines is 1. The predicted molar refractivity (Wildman–Crippen MR) is 131 cm³/mol. The highest BCUT2D eigenvalue weighted by Gasteiger charge is 2.39. The molecule has 6 nitrogen and oxygen atoms in total. The van der Waals surface area contributed by atoms with Gasteiger partial charge in [-0.25, -0.2) is 4.39 Å². The van der Waals surface area contributed by atoms with Crippen LogP contribution in [0.3, 0.4) is 0 Å². The number of aromatic nitrogens is 1. The second kappa shape index (κ2) is 10.4. The Morgan fingerprint density at radius 1 is 1.31 bits per heavy atom. The Kier molecular flexibility index (Phi) is 7.56. The number of amidine groups is 1. The standard InChI is InChI=1S/C24H28F4N6S/c1-14-9-21(19(14)12-30-22-10-15(2)33-35-22)31-13-32-23-18(5-4-8-34(23)29-3)17-7-6-16(25)11-20(17)24(26,27)28/h6-7,10-12,14,18,21,30-31H,3-5,8-9,13H2,1-2H3/b19-12+,32-23?. The molecule has 2 aromatic rings. The average molecular weight is 509 g/mol. The van der Waals surface area contributed by atoms with Crippen molar-refractivity contribution in [2.75, 3.05) is 18.5 Å². The summed E-state index contributed by atoms with van der Waals surface area (Å²) in [6.07, 6.45) is -0.663. The Morgan fingerprint density at radius 2 is 2.11 bits per heavy atom. The number of alkyl halides is 3. The number of aliphatic imine (C=N–C) groups is 1. The molecule has 1 aliphatic carbocycles. The Morgan fingerprint density at radius 3 is 2.77 bits per heavy atom. The van der Waals surface area contributed by atoms with Gasteiger partial charge < -0.3 is 5.32 Å². The monoisotopic (exact) mass is 508 g/mol. The molecule has 0 radical (unpaired) electrons. The highest BCUT2D eigenvalue weighted by molar-refractivity contribution is 7.10. The largest absolute Gasteiger partial charge is 0.416 e. The third-order valence-electron chi connectivity index (χ3n) is 6.45. The molecule has 1 saturated carbocycles. The minimum Gasteiger partial charge on any atom is -0.352 e. The Balaban J connectivity index is 1.51. The van der Waals surface area contributed by atoms with Gasteiger partial charge in [-0.3, -0.25) is 15.3 Å². The molecule has 2 fully saturated rings. The van der Waals surface area contributed by atoms with Gasteiger partial charge in [-0.2, -0.15) is 22.6 Å². The van der Waals surface area contributed by atoms with Crippen LogP contribution in [-0.4, -0.2) is 41.2 Å². The Bertz CT molecular complexity index is 1130. The van der Waals surface area contributed by atoms with E-state index >= 15 is 0 Å². The molecule has 1 aromatic heterocycles. The molecule has 1 aliphatic heterocycles. The third kappa shape index (κ3) is 5.72. The SMILES string of the molecule is C=NN1CCCC(c2ccc(F)cc2C(F)(F)F)C1=NCNC1CC(C)/C1=C\Nc1cc(C)ns1. The molecule has 188 valence electrons. The molecule has 35 heavy (non-hydrogen) atoms. The molecular formula is C24H28F4N6S. The molecule has 11 heteroatoms. The van der Waals surface area contributed by atoms with E-state index in [0.29, 0.717) is 37.2 Å². The molecule has 1 saturated heterocycles. The van der Waals surface area contributed by atoms with Crippen molar-refractivity contribution in [2.24, 2.45) is 16.0 Å². The first-order chi connectivity index (χ1) is 16.7. The third-order valence-corrected chi connectivity index (χ3v) is 7.27. The normalized spacial score (nSPS) is 25.1. The Labute approximate surface area is 206 Å². The number of piperidine rings is 1. The number of hydrogen-bond acceptors (Lipinski definition) is 6. The number of rotatable bonds is 7. The van der Waals surface area contributed by atoms with Crippen LogP contribution in [-0.2, 0) is 6.18 Å². The molecule has 2 aliphatic rings. The fraction of sp³-hybridized carbons (Fsp3) is 0.458. The zero-order valence-corrected chi connectivity index (χ0v) is 20.4. The fourth-order valence-corrected chi connectivity index (χ4v) is 5.28. The number of hydrogen-bond donors (Lipinski definition) is 2. The number of nitrogens with zero attached hydrogens (tertiary/aromatic N) is 4. The Hall–Kier alpha value is -2.79. The van der Waals surface area contributed by atoms with Crippen LogP contribution in [0.15, 0.2) is 46.1 Å². The zero-order chi connectivity index (χ0) is 25.2. The number of nitrogens with one attached hydrogen (secondary N) is 2. The van der Waals surface area contributed by atoms with Crippen LogP contribution in [0.25, 0.3) is 0 Å². The molecular weight excluding hydrogens is 480 g/mol. The average Bonchev–Trinajstić information content (AvgIpc) is 3.22. The van der Waals surface area contributed by atoms with Crippen LogP contribution in [0, 0.1) is 18.7 Å². The molecule has 2 heterocycles. The smallest absolute Gasteiger partial charge is 0.352 e. The lowest BCUT2D eigenvalue weighted by Gasteiger charge is -2.38. The lowest BCUT2D eigenvalue weighted by atomic mass is 9.76. The molecule has 1 aromatic carbocycles. The van der Waals surface area contributed by atoms with E-state index in [1.54, 1.807) is 5.01 Å². The maximum absolute atomic E-state index is 13.7. The van der Waals surface area contributed by atoms with E-state index in [-0.39, 0.29) is 18.3 Å². The number of benzene rings is 1. The van der Waals surface area contributed by atoms with Gasteiger partial charge in [0.2, 0.25) is 0 Å². The maximum atomic E-state index is 13.7. The van der Waals surface area contributed by atoms with E-state index in [1.165, 1.54) is 23.2 Å². The summed E-state index contributed by atoms with van der Waals surface area (Å²) >= 11 is 1.40. The lowest BCUT2D eigenvalue weighted by Crippen LogP contribution is -2.44. The van der Waals surface area contributed by atoms with Gasteiger partial charge in [-0.1, -0.05) is 13.0 Å². The first kappa shape index (κ1) is 25.3. The van der Waals surface area contributed by atoms with Gasteiger partial charge in [-0.05, 0) is 73.0 Å². The van der Waals surface area contributed by atoms with Crippen molar-refractivity contribution in [2.45, 2.75) is 51.2 Å². The summed E-state index contributed by atoms with van der Waals surface area (Å²) in [5.41, 5.74) is 1.19. The topological polar surface area (TPSA) is 64.9 Å². The summed E-state index contributed by atoms with van der Waals surface area (Å²) in [6, 6.07) is 4.91.